The number of rotatable bonds is 12. The van der Waals surface area contributed by atoms with Gasteiger partial charge in [0.05, 0.1) is 0 Å². The molecule has 2 heteroatoms. The number of hydrogen-bond acceptors (Lipinski definition) is 2. The quantitative estimate of drug-likeness (QED) is 0.534. The molecule has 0 aromatic rings. The van der Waals surface area contributed by atoms with E-state index < -0.39 is 0 Å². The van der Waals surface area contributed by atoms with Crippen LogP contribution < -0.4 is 5.73 Å². The van der Waals surface area contributed by atoms with Gasteiger partial charge in [-0.2, -0.15) is 0 Å². The maximum Gasteiger partial charge on any atom is 0.00740 e. The van der Waals surface area contributed by atoms with Crippen molar-refractivity contribution in [2.75, 3.05) is 20.1 Å². The van der Waals surface area contributed by atoms with Gasteiger partial charge in [0.2, 0.25) is 0 Å². The van der Waals surface area contributed by atoms with Crippen molar-refractivity contribution in [2.24, 2.45) is 11.7 Å². The predicted molar refractivity (Wildman–Crippen MR) is 82.9 cm³/mol. The SMILES string of the molecule is CCCCCCCCCN(C)CCC(N)C(C)C. The van der Waals surface area contributed by atoms with Crippen LogP contribution in [0.2, 0.25) is 0 Å². The number of nitrogens with two attached hydrogens (primary N) is 1. The van der Waals surface area contributed by atoms with Crippen molar-refractivity contribution in [3.63, 3.8) is 0 Å². The zero-order valence-corrected chi connectivity index (χ0v) is 13.3. The van der Waals surface area contributed by atoms with Crippen LogP contribution in [0, 0.1) is 5.92 Å². The van der Waals surface area contributed by atoms with E-state index in [0.717, 1.165) is 13.0 Å². The molecular weight excluding hydrogens is 220 g/mol. The molecule has 0 bridgehead atoms. The van der Waals surface area contributed by atoms with Crippen molar-refractivity contribution in [3.8, 4) is 0 Å². The summed E-state index contributed by atoms with van der Waals surface area (Å²) in [7, 11) is 2.23. The Hall–Kier alpha value is -0.0800. The fourth-order valence-corrected chi connectivity index (χ4v) is 2.15. The number of hydrogen-bond donors (Lipinski definition) is 1. The topological polar surface area (TPSA) is 29.3 Å². The third kappa shape index (κ3) is 11.0. The number of nitrogens with zero attached hydrogens (tertiary/aromatic N) is 1. The molecule has 0 aliphatic heterocycles. The zero-order chi connectivity index (χ0) is 13.8. The Kier molecular flexibility index (Phi) is 11.9. The molecule has 0 aromatic heterocycles. The van der Waals surface area contributed by atoms with E-state index in [-0.39, 0.29) is 0 Å². The van der Waals surface area contributed by atoms with E-state index in [1.807, 2.05) is 0 Å². The smallest absolute Gasteiger partial charge is 0.00740 e. The average Bonchev–Trinajstić information content (AvgIpc) is 2.34. The van der Waals surface area contributed by atoms with Gasteiger partial charge in [-0.15, -0.1) is 0 Å². The second-order valence-corrected chi connectivity index (χ2v) is 6.12. The van der Waals surface area contributed by atoms with Crippen LogP contribution in [-0.2, 0) is 0 Å². The van der Waals surface area contributed by atoms with E-state index in [0.29, 0.717) is 12.0 Å². The van der Waals surface area contributed by atoms with Crippen LogP contribution in [0.4, 0.5) is 0 Å². The standard InChI is InChI=1S/C16H36N2/c1-5-6-7-8-9-10-11-13-18(4)14-12-16(17)15(2)3/h15-16H,5-14,17H2,1-4H3. The Bertz CT molecular complexity index is 168. The van der Waals surface area contributed by atoms with Crippen LogP contribution in [0.15, 0.2) is 0 Å². The Labute approximate surface area is 115 Å². The molecule has 110 valence electrons. The Balaban J connectivity index is 3.29. The van der Waals surface area contributed by atoms with E-state index in [1.54, 1.807) is 0 Å². The summed E-state index contributed by atoms with van der Waals surface area (Å²) in [4.78, 5) is 2.44. The summed E-state index contributed by atoms with van der Waals surface area (Å²) < 4.78 is 0. The van der Waals surface area contributed by atoms with Gasteiger partial charge < -0.3 is 10.6 Å². The molecule has 0 heterocycles. The minimum atomic E-state index is 0.362. The highest BCUT2D eigenvalue weighted by atomic mass is 15.1. The van der Waals surface area contributed by atoms with Gasteiger partial charge in [0.1, 0.15) is 0 Å². The summed E-state index contributed by atoms with van der Waals surface area (Å²) in [5, 5.41) is 0. The van der Waals surface area contributed by atoms with Gasteiger partial charge in [-0.25, -0.2) is 0 Å². The van der Waals surface area contributed by atoms with Crippen molar-refractivity contribution in [2.45, 2.75) is 78.2 Å². The molecule has 0 aliphatic carbocycles. The minimum absolute atomic E-state index is 0.362. The normalized spacial score (nSPS) is 13.5. The maximum absolute atomic E-state index is 6.06. The van der Waals surface area contributed by atoms with E-state index in [4.69, 9.17) is 5.73 Å². The maximum atomic E-state index is 6.06. The molecule has 2 N–H and O–H groups in total. The summed E-state index contributed by atoms with van der Waals surface area (Å²) in [6.45, 7) is 9.08. The summed E-state index contributed by atoms with van der Waals surface area (Å²) >= 11 is 0. The fraction of sp³-hybridized carbons (Fsp3) is 1.00. The van der Waals surface area contributed by atoms with Gasteiger partial charge in [0.25, 0.3) is 0 Å². The molecule has 1 unspecified atom stereocenters. The van der Waals surface area contributed by atoms with Crippen LogP contribution in [0.5, 0.6) is 0 Å². The fourth-order valence-electron chi connectivity index (χ4n) is 2.15. The molecule has 0 saturated heterocycles. The molecule has 0 rings (SSSR count). The lowest BCUT2D eigenvalue weighted by molar-refractivity contribution is 0.296. The van der Waals surface area contributed by atoms with E-state index in [9.17, 15) is 0 Å². The van der Waals surface area contributed by atoms with Gasteiger partial charge in [0.15, 0.2) is 0 Å². The molecule has 0 amide bonds. The van der Waals surface area contributed by atoms with Crippen molar-refractivity contribution in [1.82, 2.24) is 4.90 Å². The van der Waals surface area contributed by atoms with E-state index in [1.165, 1.54) is 51.5 Å². The van der Waals surface area contributed by atoms with Gasteiger partial charge in [0, 0.05) is 6.04 Å². The second-order valence-electron chi connectivity index (χ2n) is 6.12. The highest BCUT2D eigenvalue weighted by molar-refractivity contribution is 4.67. The van der Waals surface area contributed by atoms with Gasteiger partial charge in [-0.05, 0) is 38.9 Å². The molecule has 0 spiro atoms. The first-order chi connectivity index (χ1) is 8.57. The van der Waals surface area contributed by atoms with Crippen LogP contribution in [0.1, 0.15) is 72.1 Å². The summed E-state index contributed by atoms with van der Waals surface area (Å²) in [5.41, 5.74) is 6.06. The zero-order valence-electron chi connectivity index (χ0n) is 13.3. The highest BCUT2D eigenvalue weighted by Crippen LogP contribution is 2.08. The van der Waals surface area contributed by atoms with Crippen molar-refractivity contribution in [3.05, 3.63) is 0 Å². The third-order valence-electron chi connectivity index (χ3n) is 3.84. The van der Waals surface area contributed by atoms with Crippen LogP contribution in [0.25, 0.3) is 0 Å². The molecule has 2 nitrogen and oxygen atoms in total. The van der Waals surface area contributed by atoms with E-state index in [2.05, 4.69) is 32.7 Å². The van der Waals surface area contributed by atoms with Gasteiger partial charge in [-0.3, -0.25) is 0 Å². The Morgan fingerprint density at radius 2 is 1.44 bits per heavy atom. The second kappa shape index (κ2) is 12.0. The molecule has 18 heavy (non-hydrogen) atoms. The molecule has 0 fully saturated rings. The molecule has 0 aliphatic rings. The monoisotopic (exact) mass is 256 g/mol. The summed E-state index contributed by atoms with van der Waals surface area (Å²) in [5.74, 6) is 0.608. The average molecular weight is 256 g/mol. The van der Waals surface area contributed by atoms with Crippen LogP contribution in [0.3, 0.4) is 0 Å². The van der Waals surface area contributed by atoms with Crippen molar-refractivity contribution in [1.29, 1.82) is 0 Å². The molecule has 0 aromatic carbocycles. The van der Waals surface area contributed by atoms with Crippen molar-refractivity contribution < 1.29 is 0 Å². The largest absolute Gasteiger partial charge is 0.327 e. The van der Waals surface area contributed by atoms with Crippen LogP contribution >= 0.6 is 0 Å². The lowest BCUT2D eigenvalue weighted by Crippen LogP contribution is -2.32. The Morgan fingerprint density at radius 1 is 0.889 bits per heavy atom. The van der Waals surface area contributed by atoms with Crippen molar-refractivity contribution >= 4 is 0 Å². The Morgan fingerprint density at radius 3 is 2.00 bits per heavy atom. The minimum Gasteiger partial charge on any atom is -0.327 e. The predicted octanol–water partition coefficient (Wildman–Crippen LogP) is 4.04. The first-order valence-electron chi connectivity index (χ1n) is 8.02. The first-order valence-corrected chi connectivity index (χ1v) is 8.02. The third-order valence-corrected chi connectivity index (χ3v) is 3.84. The van der Waals surface area contributed by atoms with Gasteiger partial charge >= 0.3 is 0 Å². The highest BCUT2D eigenvalue weighted by Gasteiger charge is 2.08. The summed E-state index contributed by atoms with van der Waals surface area (Å²) in [6, 6.07) is 0.362. The van der Waals surface area contributed by atoms with Gasteiger partial charge in [-0.1, -0.05) is 59.3 Å². The summed E-state index contributed by atoms with van der Waals surface area (Å²) in [6.07, 6.45) is 10.9. The molecule has 0 saturated carbocycles. The van der Waals surface area contributed by atoms with Crippen LogP contribution in [-0.4, -0.2) is 31.1 Å². The first kappa shape index (κ1) is 17.9. The van der Waals surface area contributed by atoms with E-state index >= 15 is 0 Å². The lowest BCUT2D eigenvalue weighted by atomic mass is 10.0. The molecule has 0 radical (unpaired) electrons. The number of unbranched alkanes of at least 4 members (excludes halogenated alkanes) is 6. The lowest BCUT2D eigenvalue weighted by Gasteiger charge is -2.21. The molecule has 1 atom stereocenters. The molecular formula is C16H36N2.